The molecule has 3 nitrogen and oxygen atoms in total. The molecule has 1 aliphatic heterocycles. The van der Waals surface area contributed by atoms with Crippen molar-refractivity contribution >= 4 is 0 Å². The van der Waals surface area contributed by atoms with Crippen molar-refractivity contribution in [2.24, 2.45) is 5.92 Å². The van der Waals surface area contributed by atoms with E-state index in [1.54, 1.807) is 7.11 Å². The predicted octanol–water partition coefficient (Wildman–Crippen LogP) is 2.00. The van der Waals surface area contributed by atoms with E-state index in [1.165, 1.54) is 5.56 Å². The maximum atomic E-state index is 10.5. The van der Waals surface area contributed by atoms with Crippen LogP contribution in [0.4, 0.5) is 0 Å². The average Bonchev–Trinajstić information content (AvgIpc) is 2.77. The van der Waals surface area contributed by atoms with Crippen LogP contribution in [0.2, 0.25) is 0 Å². The van der Waals surface area contributed by atoms with Gasteiger partial charge >= 0.3 is 0 Å². The van der Waals surface area contributed by atoms with E-state index < -0.39 is 0 Å². The van der Waals surface area contributed by atoms with Crippen LogP contribution in [-0.4, -0.2) is 42.4 Å². The Balaban J connectivity index is 1.75. The van der Waals surface area contributed by atoms with Crippen molar-refractivity contribution in [1.29, 1.82) is 0 Å². The van der Waals surface area contributed by atoms with Gasteiger partial charge in [-0.2, -0.15) is 0 Å². The number of aliphatic hydroxyl groups excluding tert-OH is 1. The smallest absolute Gasteiger partial charge is 0.0951 e. The number of nitrogens with zero attached hydrogens (tertiary/aromatic N) is 1. The minimum absolute atomic E-state index is 0.225. The lowest BCUT2D eigenvalue weighted by Crippen LogP contribution is -2.49. The van der Waals surface area contributed by atoms with E-state index >= 15 is 0 Å². The molecular weight excluding hydrogens is 238 g/mol. The fraction of sp³-hybridized carbons (Fsp3) is 0.625. The first-order chi connectivity index (χ1) is 9.20. The number of piperidine rings is 1. The normalized spacial score (nSPS) is 35.3. The lowest BCUT2D eigenvalue weighted by Gasteiger charge is -2.40. The van der Waals surface area contributed by atoms with Crippen molar-refractivity contribution in [3.8, 4) is 0 Å². The van der Waals surface area contributed by atoms with Crippen LogP contribution < -0.4 is 0 Å². The van der Waals surface area contributed by atoms with Gasteiger partial charge in [-0.1, -0.05) is 31.2 Å². The van der Waals surface area contributed by atoms with Crippen molar-refractivity contribution < 1.29 is 9.84 Å². The fourth-order valence-corrected chi connectivity index (χ4v) is 3.55. The molecule has 19 heavy (non-hydrogen) atoms. The SMILES string of the molecule is COC1CN(C2Cc3ccccc3C2O)CCC1C. The molecule has 3 heteroatoms. The van der Waals surface area contributed by atoms with Gasteiger partial charge in [0.25, 0.3) is 0 Å². The summed E-state index contributed by atoms with van der Waals surface area (Å²) in [4.78, 5) is 2.42. The van der Waals surface area contributed by atoms with Crippen molar-refractivity contribution in [3.63, 3.8) is 0 Å². The van der Waals surface area contributed by atoms with Crippen LogP contribution in [0.25, 0.3) is 0 Å². The Bertz CT molecular complexity index is 448. The van der Waals surface area contributed by atoms with E-state index in [0.29, 0.717) is 12.0 Å². The molecule has 1 N–H and O–H groups in total. The average molecular weight is 261 g/mol. The lowest BCUT2D eigenvalue weighted by atomic mass is 9.94. The van der Waals surface area contributed by atoms with Crippen LogP contribution in [0, 0.1) is 5.92 Å². The maximum absolute atomic E-state index is 10.5. The summed E-state index contributed by atoms with van der Waals surface area (Å²) in [5.41, 5.74) is 2.41. The summed E-state index contributed by atoms with van der Waals surface area (Å²) >= 11 is 0. The predicted molar refractivity (Wildman–Crippen MR) is 75.0 cm³/mol. The van der Waals surface area contributed by atoms with Gasteiger partial charge in [-0.15, -0.1) is 0 Å². The lowest BCUT2D eigenvalue weighted by molar-refractivity contribution is -0.0396. The number of ether oxygens (including phenoxy) is 1. The zero-order valence-electron chi connectivity index (χ0n) is 11.7. The molecule has 4 unspecified atom stereocenters. The van der Waals surface area contributed by atoms with Gasteiger partial charge in [-0.05, 0) is 36.4 Å². The number of fused-ring (bicyclic) bond motifs is 1. The molecule has 1 aliphatic carbocycles. The summed E-state index contributed by atoms with van der Waals surface area (Å²) in [5.74, 6) is 0.613. The Labute approximate surface area is 115 Å². The van der Waals surface area contributed by atoms with Crippen molar-refractivity contribution in [1.82, 2.24) is 4.90 Å². The second-order valence-corrected chi connectivity index (χ2v) is 5.95. The molecule has 1 aromatic carbocycles. The van der Waals surface area contributed by atoms with E-state index in [2.05, 4.69) is 30.0 Å². The molecule has 3 rings (SSSR count). The van der Waals surface area contributed by atoms with Gasteiger partial charge in [0.1, 0.15) is 0 Å². The zero-order valence-corrected chi connectivity index (χ0v) is 11.7. The van der Waals surface area contributed by atoms with Gasteiger partial charge in [0.15, 0.2) is 0 Å². The van der Waals surface area contributed by atoms with Gasteiger partial charge in [-0.3, -0.25) is 4.90 Å². The first-order valence-electron chi connectivity index (χ1n) is 7.23. The Morgan fingerprint density at radius 2 is 2.11 bits per heavy atom. The number of likely N-dealkylation sites (tertiary alicyclic amines) is 1. The van der Waals surface area contributed by atoms with Crippen LogP contribution in [-0.2, 0) is 11.2 Å². The molecule has 0 bridgehead atoms. The third kappa shape index (κ3) is 2.31. The van der Waals surface area contributed by atoms with Crippen molar-refractivity contribution in [2.45, 2.75) is 38.0 Å². The number of benzene rings is 1. The Hall–Kier alpha value is -0.900. The van der Waals surface area contributed by atoms with Crippen LogP contribution in [0.15, 0.2) is 24.3 Å². The highest BCUT2D eigenvalue weighted by Gasteiger charge is 2.38. The molecule has 2 aliphatic rings. The van der Waals surface area contributed by atoms with E-state index in [4.69, 9.17) is 4.74 Å². The number of aliphatic hydroxyl groups is 1. The van der Waals surface area contributed by atoms with Gasteiger partial charge in [0, 0.05) is 19.7 Å². The summed E-state index contributed by atoms with van der Waals surface area (Å²) in [6, 6.07) is 8.49. The minimum Gasteiger partial charge on any atom is -0.387 e. The fourth-order valence-electron chi connectivity index (χ4n) is 3.55. The molecule has 1 heterocycles. The van der Waals surface area contributed by atoms with E-state index in [-0.39, 0.29) is 12.1 Å². The first-order valence-corrected chi connectivity index (χ1v) is 7.23. The second kappa shape index (κ2) is 5.23. The number of hydrogen-bond donors (Lipinski definition) is 1. The second-order valence-electron chi connectivity index (χ2n) is 5.95. The quantitative estimate of drug-likeness (QED) is 0.884. The highest BCUT2D eigenvalue weighted by atomic mass is 16.5. The summed E-state index contributed by atoms with van der Waals surface area (Å²) < 4.78 is 5.58. The number of rotatable bonds is 2. The summed E-state index contributed by atoms with van der Waals surface area (Å²) in [6.45, 7) is 4.26. The molecule has 0 aromatic heterocycles. The summed E-state index contributed by atoms with van der Waals surface area (Å²) in [5, 5.41) is 10.5. The molecule has 0 saturated carbocycles. The van der Waals surface area contributed by atoms with Crippen LogP contribution in [0.3, 0.4) is 0 Å². The van der Waals surface area contributed by atoms with E-state index in [0.717, 1.165) is 31.5 Å². The first kappa shape index (κ1) is 13.1. The van der Waals surface area contributed by atoms with Gasteiger partial charge in [0.05, 0.1) is 12.2 Å². The third-order valence-corrected chi connectivity index (χ3v) is 4.86. The Morgan fingerprint density at radius 1 is 1.32 bits per heavy atom. The molecule has 0 radical (unpaired) electrons. The monoisotopic (exact) mass is 261 g/mol. The van der Waals surface area contributed by atoms with Gasteiger partial charge in [0.2, 0.25) is 0 Å². The molecular formula is C16H23NO2. The van der Waals surface area contributed by atoms with E-state index in [9.17, 15) is 5.11 Å². The molecule has 1 aromatic rings. The van der Waals surface area contributed by atoms with Gasteiger partial charge < -0.3 is 9.84 Å². The van der Waals surface area contributed by atoms with Crippen LogP contribution in [0.5, 0.6) is 0 Å². The molecule has 0 amide bonds. The maximum Gasteiger partial charge on any atom is 0.0951 e. The van der Waals surface area contributed by atoms with Gasteiger partial charge in [-0.25, -0.2) is 0 Å². The van der Waals surface area contributed by atoms with Crippen molar-refractivity contribution in [2.75, 3.05) is 20.2 Å². The number of methoxy groups -OCH3 is 1. The molecule has 104 valence electrons. The zero-order chi connectivity index (χ0) is 13.4. The molecule has 4 atom stereocenters. The van der Waals surface area contributed by atoms with E-state index in [1.807, 2.05) is 6.07 Å². The highest BCUT2D eigenvalue weighted by Crippen LogP contribution is 2.36. The molecule has 1 fully saturated rings. The Morgan fingerprint density at radius 3 is 2.84 bits per heavy atom. The molecule has 0 spiro atoms. The third-order valence-electron chi connectivity index (χ3n) is 4.86. The Kier molecular flexibility index (Phi) is 3.61. The molecule has 1 saturated heterocycles. The standard InChI is InChI=1S/C16H23NO2/c1-11-7-8-17(10-15(11)19-2)14-9-12-5-3-4-6-13(12)16(14)18/h3-6,11,14-16,18H,7-10H2,1-2H3. The van der Waals surface area contributed by atoms with Crippen LogP contribution >= 0.6 is 0 Å². The summed E-state index contributed by atoms with van der Waals surface area (Å²) in [6.07, 6.45) is 2.06. The number of hydrogen-bond acceptors (Lipinski definition) is 3. The highest BCUT2D eigenvalue weighted by molar-refractivity contribution is 5.36. The van der Waals surface area contributed by atoms with Crippen LogP contribution in [0.1, 0.15) is 30.6 Å². The topological polar surface area (TPSA) is 32.7 Å². The minimum atomic E-state index is -0.345. The summed E-state index contributed by atoms with van der Waals surface area (Å²) in [7, 11) is 1.80. The van der Waals surface area contributed by atoms with Crippen molar-refractivity contribution in [3.05, 3.63) is 35.4 Å². The largest absolute Gasteiger partial charge is 0.387 e.